The fourth-order valence-corrected chi connectivity index (χ4v) is 5.15. The van der Waals surface area contributed by atoms with Crippen molar-refractivity contribution in [2.75, 3.05) is 37.7 Å². The second-order valence-electron chi connectivity index (χ2n) is 7.18. The zero-order valence-corrected chi connectivity index (χ0v) is 16.7. The summed E-state index contributed by atoms with van der Waals surface area (Å²) < 4.78 is 40.6. The molecule has 0 aliphatic carbocycles. The van der Waals surface area contributed by atoms with Crippen LogP contribution in [0.5, 0.6) is 0 Å². The highest BCUT2D eigenvalue weighted by Gasteiger charge is 2.38. The van der Waals surface area contributed by atoms with Crippen LogP contribution in [0.4, 0.5) is 10.1 Å². The summed E-state index contributed by atoms with van der Waals surface area (Å²) in [5.41, 5.74) is 1.88. The van der Waals surface area contributed by atoms with E-state index in [0.717, 1.165) is 11.6 Å². The zero-order valence-electron chi connectivity index (χ0n) is 15.8. The lowest BCUT2D eigenvalue weighted by Crippen LogP contribution is -2.52. The molecule has 0 bridgehead atoms. The van der Waals surface area contributed by atoms with E-state index in [1.807, 2.05) is 17.9 Å². The highest BCUT2D eigenvalue weighted by Crippen LogP contribution is 2.30. The van der Waals surface area contributed by atoms with Gasteiger partial charge in [0, 0.05) is 26.2 Å². The van der Waals surface area contributed by atoms with E-state index in [9.17, 15) is 22.4 Å². The summed E-state index contributed by atoms with van der Waals surface area (Å²) >= 11 is 0. The van der Waals surface area contributed by atoms with Crippen LogP contribution in [0.1, 0.15) is 15.9 Å². The highest BCUT2D eigenvalue weighted by atomic mass is 32.2. The minimum absolute atomic E-state index is 0.174. The summed E-state index contributed by atoms with van der Waals surface area (Å²) in [6.07, 6.45) is 0. The van der Waals surface area contributed by atoms with Gasteiger partial charge < -0.3 is 0 Å². The molecule has 2 aromatic rings. The third-order valence-electron chi connectivity index (χ3n) is 5.25. The third kappa shape index (κ3) is 3.45. The normalized spacial score (nSPS) is 18.3. The number of sulfonamides is 1. The molecule has 7 nitrogen and oxygen atoms in total. The van der Waals surface area contributed by atoms with Gasteiger partial charge in [-0.15, -0.1) is 0 Å². The Morgan fingerprint density at radius 3 is 2.38 bits per heavy atom. The van der Waals surface area contributed by atoms with Crippen molar-refractivity contribution in [1.29, 1.82) is 0 Å². The fourth-order valence-electron chi connectivity index (χ4n) is 3.66. The van der Waals surface area contributed by atoms with Gasteiger partial charge in [0.2, 0.25) is 10.0 Å². The van der Waals surface area contributed by atoms with Crippen molar-refractivity contribution in [3.63, 3.8) is 0 Å². The van der Waals surface area contributed by atoms with Crippen LogP contribution in [0.3, 0.4) is 0 Å². The Kier molecular flexibility index (Phi) is 4.97. The van der Waals surface area contributed by atoms with Gasteiger partial charge in [0.1, 0.15) is 10.7 Å². The van der Waals surface area contributed by atoms with E-state index in [1.165, 1.54) is 27.4 Å². The van der Waals surface area contributed by atoms with E-state index in [2.05, 4.69) is 0 Å². The molecule has 9 heteroatoms. The molecule has 2 aliphatic heterocycles. The van der Waals surface area contributed by atoms with Crippen molar-refractivity contribution in [2.45, 2.75) is 11.8 Å². The first-order valence-electron chi connectivity index (χ1n) is 9.23. The molecule has 1 fully saturated rings. The Bertz CT molecular complexity index is 1090. The van der Waals surface area contributed by atoms with Crippen molar-refractivity contribution in [3.05, 3.63) is 59.4 Å². The largest absolute Gasteiger partial charge is 0.300 e. The van der Waals surface area contributed by atoms with E-state index in [4.69, 9.17) is 0 Å². The maximum absolute atomic E-state index is 13.9. The molecule has 2 aliphatic rings. The van der Waals surface area contributed by atoms with Gasteiger partial charge in [0.05, 0.1) is 17.9 Å². The fraction of sp³-hybridized carbons (Fsp3) is 0.300. The van der Waals surface area contributed by atoms with Crippen LogP contribution in [0.25, 0.3) is 0 Å². The molecule has 0 N–H and O–H groups in total. The first-order chi connectivity index (χ1) is 13.8. The lowest BCUT2D eigenvalue weighted by atomic mass is 10.1. The first kappa shape index (κ1) is 19.7. The topological polar surface area (TPSA) is 78.0 Å². The minimum atomic E-state index is -3.92. The van der Waals surface area contributed by atoms with E-state index in [0.29, 0.717) is 24.3 Å². The van der Waals surface area contributed by atoms with Crippen LogP contribution < -0.4 is 4.90 Å². The number of ketones is 1. The van der Waals surface area contributed by atoms with E-state index >= 15 is 0 Å². The molecule has 4 rings (SSSR count). The van der Waals surface area contributed by atoms with Crippen molar-refractivity contribution >= 4 is 27.4 Å². The van der Waals surface area contributed by atoms with E-state index in [-0.39, 0.29) is 24.7 Å². The zero-order chi connectivity index (χ0) is 20.8. The second-order valence-corrected chi connectivity index (χ2v) is 9.08. The van der Waals surface area contributed by atoms with Crippen molar-refractivity contribution in [3.8, 4) is 0 Å². The van der Waals surface area contributed by atoms with Crippen molar-refractivity contribution < 1.29 is 22.4 Å². The molecule has 0 aromatic heterocycles. The molecule has 29 heavy (non-hydrogen) atoms. The molecule has 2 aromatic carbocycles. The molecule has 1 amide bonds. The monoisotopic (exact) mass is 417 g/mol. The lowest BCUT2D eigenvalue weighted by molar-refractivity contribution is -0.114. The van der Waals surface area contributed by atoms with Gasteiger partial charge in [-0.1, -0.05) is 23.8 Å². The summed E-state index contributed by atoms with van der Waals surface area (Å²) in [6, 6.07) is 10.6. The molecule has 0 atom stereocenters. The van der Waals surface area contributed by atoms with Crippen LogP contribution in [0.2, 0.25) is 0 Å². The van der Waals surface area contributed by atoms with Crippen LogP contribution in [0.15, 0.2) is 47.4 Å². The summed E-state index contributed by atoms with van der Waals surface area (Å²) in [7, 11) is -3.92. The number of anilines is 1. The molecule has 1 saturated heterocycles. The molecule has 0 spiro atoms. The van der Waals surface area contributed by atoms with Gasteiger partial charge in [0.15, 0.2) is 0 Å². The van der Waals surface area contributed by atoms with Gasteiger partial charge >= 0.3 is 5.91 Å². The molecule has 152 valence electrons. The number of aryl methyl sites for hydroxylation is 1. The number of nitrogens with zero attached hydrogens (tertiary/aromatic N) is 3. The lowest BCUT2D eigenvalue weighted by Gasteiger charge is -2.35. The molecule has 2 heterocycles. The predicted octanol–water partition coefficient (Wildman–Crippen LogP) is 1.63. The van der Waals surface area contributed by atoms with Gasteiger partial charge in [-0.2, -0.15) is 4.31 Å². The third-order valence-corrected chi connectivity index (χ3v) is 7.19. The number of amides is 1. The Hall–Kier alpha value is -2.62. The number of benzene rings is 2. The Morgan fingerprint density at radius 1 is 1.00 bits per heavy atom. The standard InChI is InChI=1S/C20H20FN3O4S/c1-14-6-7-17-15(12-14)19(25)20(26)24(17)13-22-8-10-23(11-9-22)29(27,28)18-5-3-2-4-16(18)21/h2-7,12H,8-11,13H2,1H3. The number of piperazine rings is 1. The molecular formula is C20H20FN3O4S. The van der Waals surface area contributed by atoms with E-state index in [1.54, 1.807) is 12.1 Å². The first-order valence-corrected chi connectivity index (χ1v) is 10.7. The number of hydrogen-bond acceptors (Lipinski definition) is 5. The SMILES string of the molecule is Cc1ccc2c(c1)C(=O)C(=O)N2CN1CCN(S(=O)(=O)c2ccccc2F)CC1. The highest BCUT2D eigenvalue weighted by molar-refractivity contribution is 7.89. The second kappa shape index (κ2) is 7.33. The summed E-state index contributed by atoms with van der Waals surface area (Å²) in [5, 5.41) is 0. The number of hydrogen-bond donors (Lipinski definition) is 0. The number of carbonyl (C=O) groups is 2. The number of Topliss-reactive ketones (excluding diaryl/α,β-unsaturated/α-hetero) is 1. The Morgan fingerprint density at radius 2 is 1.69 bits per heavy atom. The van der Waals surface area contributed by atoms with Gasteiger partial charge in [-0.05, 0) is 31.2 Å². The maximum Gasteiger partial charge on any atom is 0.300 e. The Balaban J connectivity index is 1.46. The molecule has 0 unspecified atom stereocenters. The van der Waals surface area contributed by atoms with E-state index < -0.39 is 27.5 Å². The van der Waals surface area contributed by atoms with Crippen LogP contribution in [0, 0.1) is 12.7 Å². The molecule has 0 radical (unpaired) electrons. The van der Waals surface area contributed by atoms with Gasteiger partial charge in [-0.3, -0.25) is 19.4 Å². The quantitative estimate of drug-likeness (QED) is 0.707. The van der Waals surface area contributed by atoms with Crippen LogP contribution in [-0.4, -0.2) is 62.2 Å². The number of fused-ring (bicyclic) bond motifs is 1. The maximum atomic E-state index is 13.9. The minimum Gasteiger partial charge on any atom is -0.291 e. The average Bonchev–Trinajstić information content (AvgIpc) is 2.93. The summed E-state index contributed by atoms with van der Waals surface area (Å²) in [5.74, 6) is -1.88. The van der Waals surface area contributed by atoms with Crippen LogP contribution in [-0.2, 0) is 14.8 Å². The van der Waals surface area contributed by atoms with Gasteiger partial charge in [-0.25, -0.2) is 12.8 Å². The van der Waals surface area contributed by atoms with Gasteiger partial charge in [0.25, 0.3) is 5.78 Å². The number of carbonyl (C=O) groups excluding carboxylic acids is 2. The number of halogens is 1. The smallest absolute Gasteiger partial charge is 0.291 e. The van der Waals surface area contributed by atoms with Crippen LogP contribution >= 0.6 is 0 Å². The molecular weight excluding hydrogens is 397 g/mol. The average molecular weight is 417 g/mol. The molecule has 0 saturated carbocycles. The predicted molar refractivity (Wildman–Crippen MR) is 105 cm³/mol. The summed E-state index contributed by atoms with van der Waals surface area (Å²) in [6.45, 7) is 3.14. The van der Waals surface area contributed by atoms with Crippen molar-refractivity contribution in [2.24, 2.45) is 0 Å². The van der Waals surface area contributed by atoms with Crippen molar-refractivity contribution in [1.82, 2.24) is 9.21 Å². The number of rotatable bonds is 4. The Labute approximate surface area is 168 Å². The summed E-state index contributed by atoms with van der Waals surface area (Å²) in [4.78, 5) is 27.6.